The lowest BCUT2D eigenvalue weighted by atomic mass is 10.1. The Hall–Kier alpha value is -0.850. The third-order valence-corrected chi connectivity index (χ3v) is 2.37. The van der Waals surface area contributed by atoms with Crippen molar-refractivity contribution in [2.75, 3.05) is 0 Å². The van der Waals surface area contributed by atoms with Crippen molar-refractivity contribution < 1.29 is 0 Å². The molecule has 0 saturated carbocycles. The van der Waals surface area contributed by atoms with Crippen LogP contribution in [0.4, 0.5) is 0 Å². The molecule has 1 rings (SSSR count). The molecule has 1 aromatic rings. The summed E-state index contributed by atoms with van der Waals surface area (Å²) < 4.78 is 0. The fourth-order valence-corrected chi connectivity index (χ4v) is 1.51. The van der Waals surface area contributed by atoms with Crippen molar-refractivity contribution in [2.24, 2.45) is 0 Å². The molecule has 0 bridgehead atoms. The second-order valence-corrected chi connectivity index (χ2v) is 3.69. The molecule has 77 valence electrons. The van der Waals surface area contributed by atoms with Gasteiger partial charge in [0.05, 0.1) is 0 Å². The SMILES string of the molecule is CCCCCCC[CH]c1cccnc1. The van der Waals surface area contributed by atoms with E-state index in [0.717, 1.165) is 0 Å². The Bertz CT molecular complexity index is 218. The van der Waals surface area contributed by atoms with Crippen molar-refractivity contribution in [3.63, 3.8) is 0 Å². The molecule has 1 heterocycles. The van der Waals surface area contributed by atoms with Gasteiger partial charge in [-0.25, -0.2) is 0 Å². The van der Waals surface area contributed by atoms with Gasteiger partial charge >= 0.3 is 0 Å². The summed E-state index contributed by atoms with van der Waals surface area (Å²) in [5.74, 6) is 0. The normalized spacial score (nSPS) is 10.4. The molecule has 1 nitrogen and oxygen atoms in total. The number of nitrogens with zero attached hydrogens (tertiary/aromatic N) is 1. The highest BCUT2D eigenvalue weighted by molar-refractivity contribution is 5.17. The van der Waals surface area contributed by atoms with E-state index in [1.807, 2.05) is 18.5 Å². The average molecular weight is 190 g/mol. The molecule has 0 aliphatic rings. The Morgan fingerprint density at radius 1 is 1.21 bits per heavy atom. The Morgan fingerprint density at radius 3 is 2.79 bits per heavy atom. The van der Waals surface area contributed by atoms with E-state index in [9.17, 15) is 0 Å². The van der Waals surface area contributed by atoms with Crippen molar-refractivity contribution >= 4 is 0 Å². The molecule has 0 saturated heterocycles. The molecule has 1 radical (unpaired) electrons. The van der Waals surface area contributed by atoms with Crippen LogP contribution in [0.25, 0.3) is 0 Å². The van der Waals surface area contributed by atoms with Gasteiger partial charge in [-0.15, -0.1) is 0 Å². The minimum atomic E-state index is 1.19. The highest BCUT2D eigenvalue weighted by Crippen LogP contribution is 2.10. The van der Waals surface area contributed by atoms with Gasteiger partial charge in [0.15, 0.2) is 0 Å². The summed E-state index contributed by atoms with van der Waals surface area (Å²) in [7, 11) is 0. The van der Waals surface area contributed by atoms with Crippen molar-refractivity contribution in [2.45, 2.75) is 45.4 Å². The minimum Gasteiger partial charge on any atom is -0.264 e. The number of rotatable bonds is 7. The van der Waals surface area contributed by atoms with Crippen LogP contribution >= 0.6 is 0 Å². The van der Waals surface area contributed by atoms with Crippen LogP contribution in [-0.2, 0) is 0 Å². The molecule has 0 spiro atoms. The molecule has 0 N–H and O–H groups in total. The lowest BCUT2D eigenvalue weighted by molar-refractivity contribution is 0.631. The Labute approximate surface area is 87.6 Å². The topological polar surface area (TPSA) is 12.9 Å². The van der Waals surface area contributed by atoms with Gasteiger partial charge in [0.1, 0.15) is 0 Å². The van der Waals surface area contributed by atoms with E-state index in [0.29, 0.717) is 0 Å². The summed E-state index contributed by atoms with van der Waals surface area (Å²) in [6, 6.07) is 4.10. The molecular formula is C13H20N. The van der Waals surface area contributed by atoms with Gasteiger partial charge in [0.2, 0.25) is 0 Å². The van der Waals surface area contributed by atoms with Gasteiger partial charge in [-0.3, -0.25) is 4.98 Å². The number of unbranched alkanes of at least 4 members (excludes halogenated alkanes) is 5. The Kier molecular flexibility index (Phi) is 6.05. The van der Waals surface area contributed by atoms with Crippen LogP contribution in [0, 0.1) is 6.42 Å². The lowest BCUT2D eigenvalue weighted by Gasteiger charge is -2.00. The lowest BCUT2D eigenvalue weighted by Crippen LogP contribution is -1.84. The first-order valence-electron chi connectivity index (χ1n) is 5.66. The van der Waals surface area contributed by atoms with Crippen LogP contribution < -0.4 is 0 Å². The number of hydrogen-bond acceptors (Lipinski definition) is 1. The molecule has 0 unspecified atom stereocenters. The van der Waals surface area contributed by atoms with Crippen LogP contribution in [0.1, 0.15) is 51.0 Å². The van der Waals surface area contributed by atoms with Gasteiger partial charge in [-0.1, -0.05) is 45.1 Å². The van der Waals surface area contributed by atoms with Gasteiger partial charge in [-0.2, -0.15) is 0 Å². The standard InChI is InChI=1S/C13H20N/c1-2-3-4-5-6-7-9-13-10-8-11-14-12-13/h8-12H,2-7H2,1H3. The van der Waals surface area contributed by atoms with E-state index in [-0.39, 0.29) is 0 Å². The third-order valence-electron chi connectivity index (χ3n) is 2.37. The van der Waals surface area contributed by atoms with Gasteiger partial charge in [0, 0.05) is 12.4 Å². The summed E-state index contributed by atoms with van der Waals surface area (Å²) in [6.07, 6.45) is 14.0. The first-order valence-corrected chi connectivity index (χ1v) is 5.66. The number of pyridine rings is 1. The maximum Gasteiger partial charge on any atom is 0.0302 e. The van der Waals surface area contributed by atoms with Crippen LogP contribution in [0.15, 0.2) is 24.5 Å². The van der Waals surface area contributed by atoms with Gasteiger partial charge in [0.25, 0.3) is 0 Å². The number of hydrogen-bond donors (Lipinski definition) is 0. The molecule has 0 amide bonds. The molecule has 1 heteroatoms. The zero-order valence-corrected chi connectivity index (χ0v) is 9.08. The fourth-order valence-electron chi connectivity index (χ4n) is 1.51. The minimum absolute atomic E-state index is 1.19. The monoisotopic (exact) mass is 190 g/mol. The maximum atomic E-state index is 4.08. The van der Waals surface area contributed by atoms with Crippen LogP contribution in [0.2, 0.25) is 0 Å². The van der Waals surface area contributed by atoms with E-state index in [1.165, 1.54) is 44.1 Å². The highest BCUT2D eigenvalue weighted by Gasteiger charge is 1.93. The van der Waals surface area contributed by atoms with Crippen molar-refractivity contribution in [3.05, 3.63) is 36.5 Å². The first-order chi connectivity index (χ1) is 6.93. The zero-order valence-electron chi connectivity index (χ0n) is 9.08. The summed E-state index contributed by atoms with van der Waals surface area (Å²) in [5.41, 5.74) is 1.25. The molecule has 1 aromatic heterocycles. The quantitative estimate of drug-likeness (QED) is 0.592. The molecule has 0 aliphatic carbocycles. The first kappa shape index (κ1) is 11.2. The summed E-state index contributed by atoms with van der Waals surface area (Å²) in [4.78, 5) is 4.08. The second-order valence-electron chi connectivity index (χ2n) is 3.69. The predicted octanol–water partition coefficient (Wildman–Crippen LogP) is 3.99. The molecule has 14 heavy (non-hydrogen) atoms. The molecule has 0 atom stereocenters. The van der Waals surface area contributed by atoms with Crippen LogP contribution in [0.3, 0.4) is 0 Å². The third kappa shape index (κ3) is 5.00. The zero-order chi connectivity index (χ0) is 10.1. The second kappa shape index (κ2) is 7.54. The van der Waals surface area contributed by atoms with Crippen LogP contribution in [-0.4, -0.2) is 4.98 Å². The molecule has 0 fully saturated rings. The molecule has 0 aromatic carbocycles. The average Bonchev–Trinajstić information content (AvgIpc) is 2.25. The van der Waals surface area contributed by atoms with Crippen molar-refractivity contribution in [1.82, 2.24) is 4.98 Å². The molecule has 0 aliphatic heterocycles. The van der Waals surface area contributed by atoms with Crippen molar-refractivity contribution in [3.8, 4) is 0 Å². The number of aromatic nitrogens is 1. The largest absolute Gasteiger partial charge is 0.264 e. The van der Waals surface area contributed by atoms with Gasteiger partial charge < -0.3 is 0 Å². The van der Waals surface area contributed by atoms with E-state index < -0.39 is 0 Å². The Balaban J connectivity index is 1.99. The predicted molar refractivity (Wildman–Crippen MR) is 61.0 cm³/mol. The van der Waals surface area contributed by atoms with Crippen LogP contribution in [0.5, 0.6) is 0 Å². The fraction of sp³-hybridized carbons (Fsp3) is 0.538. The summed E-state index contributed by atoms with van der Waals surface area (Å²) >= 11 is 0. The maximum absolute atomic E-state index is 4.08. The van der Waals surface area contributed by atoms with Gasteiger partial charge in [-0.05, 0) is 24.5 Å². The van der Waals surface area contributed by atoms with E-state index >= 15 is 0 Å². The van der Waals surface area contributed by atoms with E-state index in [1.54, 1.807) is 0 Å². The highest BCUT2D eigenvalue weighted by atomic mass is 14.6. The summed E-state index contributed by atoms with van der Waals surface area (Å²) in [6.45, 7) is 2.25. The smallest absolute Gasteiger partial charge is 0.0302 e. The Morgan fingerprint density at radius 2 is 2.07 bits per heavy atom. The van der Waals surface area contributed by atoms with E-state index in [2.05, 4.69) is 24.4 Å². The van der Waals surface area contributed by atoms with E-state index in [4.69, 9.17) is 0 Å². The summed E-state index contributed by atoms with van der Waals surface area (Å²) in [5, 5.41) is 0. The van der Waals surface area contributed by atoms with Crippen molar-refractivity contribution in [1.29, 1.82) is 0 Å². The molecular weight excluding hydrogens is 170 g/mol.